The Morgan fingerprint density at radius 1 is 1.11 bits per heavy atom. The number of amides is 1. The zero-order valence-corrected chi connectivity index (χ0v) is 14.5. The van der Waals surface area contributed by atoms with E-state index < -0.39 is 85.3 Å². The third-order valence-corrected chi connectivity index (χ3v) is 4.20. The van der Waals surface area contributed by atoms with Gasteiger partial charge in [0.15, 0.2) is 5.78 Å². The van der Waals surface area contributed by atoms with Crippen LogP contribution in [-0.4, -0.2) is 103 Å². The van der Waals surface area contributed by atoms with Crippen LogP contribution in [0.5, 0.6) is 0 Å². The van der Waals surface area contributed by atoms with Gasteiger partial charge >= 0.3 is 11.9 Å². The topological polar surface area (TPSA) is 263 Å². The van der Waals surface area contributed by atoms with Gasteiger partial charge in [-0.2, -0.15) is 0 Å². The highest BCUT2D eigenvalue weighted by Gasteiger charge is 2.56. The molecule has 1 aliphatic rings. The molecule has 0 aromatic rings. The zero-order chi connectivity index (χ0) is 21.8. The summed E-state index contributed by atoms with van der Waals surface area (Å²) in [6, 6.07) is -5.42. The predicted octanol–water partition coefficient (Wildman–Crippen LogP) is -5.55. The summed E-state index contributed by atoms with van der Waals surface area (Å²) < 4.78 is 4.88. The normalized spacial score (nSPS) is 32.2. The number of aliphatic hydroxyl groups is 4. The molecule has 1 amide bonds. The standard InChI is InChI=1S/C14H23N3O11/c15-4(1-8(20)21)12(24)17-5(13(25)26)2-7(19)14(27)11(16)10(23)9(22)6(3-18)28-14/h4-6,9-11,18,22-23,27H,1-3,15-16H2,(H,17,24)(H,20,21)(H,25,26)/t4-,5-,6+,9+,10-,11+,14?/m0/s1. The van der Waals surface area contributed by atoms with Crippen LogP contribution in [0.3, 0.4) is 0 Å². The number of nitrogens with one attached hydrogen (secondary N) is 1. The monoisotopic (exact) mass is 409 g/mol. The van der Waals surface area contributed by atoms with E-state index in [1.807, 2.05) is 5.32 Å². The number of hydrogen-bond acceptors (Lipinski definition) is 11. The SMILES string of the molecule is N[C@@H]1[C@@H](O)[C@H](O)[C@@H](CO)OC1(O)C(=O)C[C@H](NC(=O)[C@@H](N)CC(=O)O)C(=O)O. The molecule has 0 aliphatic carbocycles. The van der Waals surface area contributed by atoms with Crippen molar-refractivity contribution in [2.75, 3.05) is 6.61 Å². The molecule has 1 unspecified atom stereocenters. The number of carboxylic acids is 2. The molecule has 0 bridgehead atoms. The lowest BCUT2D eigenvalue weighted by molar-refractivity contribution is -0.297. The van der Waals surface area contributed by atoms with Gasteiger partial charge in [-0.1, -0.05) is 0 Å². The second-order valence-electron chi connectivity index (χ2n) is 6.27. The molecule has 0 spiro atoms. The molecule has 1 fully saturated rings. The van der Waals surface area contributed by atoms with Crippen molar-refractivity contribution in [1.29, 1.82) is 0 Å². The number of Topliss-reactive ketones (excluding diaryl/α,β-unsaturated/α-hetero) is 1. The molecule has 0 saturated carbocycles. The Labute approximate surface area is 157 Å². The molecule has 7 atom stereocenters. The summed E-state index contributed by atoms with van der Waals surface area (Å²) in [4.78, 5) is 46.1. The van der Waals surface area contributed by atoms with Crippen molar-refractivity contribution >= 4 is 23.6 Å². The van der Waals surface area contributed by atoms with E-state index in [0.717, 1.165) is 0 Å². The lowest BCUT2D eigenvalue weighted by Gasteiger charge is -2.45. The summed E-state index contributed by atoms with van der Waals surface area (Å²) in [5.41, 5.74) is 10.8. The Morgan fingerprint density at radius 3 is 2.14 bits per heavy atom. The van der Waals surface area contributed by atoms with Crippen molar-refractivity contribution in [2.24, 2.45) is 11.5 Å². The van der Waals surface area contributed by atoms with E-state index in [1.54, 1.807) is 0 Å². The van der Waals surface area contributed by atoms with Gasteiger partial charge < -0.3 is 52.2 Å². The molecule has 160 valence electrons. The van der Waals surface area contributed by atoms with E-state index in [0.29, 0.717) is 0 Å². The maximum Gasteiger partial charge on any atom is 0.326 e. The predicted molar refractivity (Wildman–Crippen MR) is 86.3 cm³/mol. The van der Waals surface area contributed by atoms with Crippen LogP contribution in [0.2, 0.25) is 0 Å². The molecule has 11 N–H and O–H groups in total. The van der Waals surface area contributed by atoms with E-state index in [1.165, 1.54) is 0 Å². The van der Waals surface area contributed by atoms with E-state index in [2.05, 4.69) is 0 Å². The summed E-state index contributed by atoms with van der Waals surface area (Å²) in [5.74, 6) is -8.63. The number of carbonyl (C=O) groups is 4. The highest BCUT2D eigenvalue weighted by molar-refractivity contribution is 5.94. The maximum atomic E-state index is 12.4. The van der Waals surface area contributed by atoms with Gasteiger partial charge in [0.2, 0.25) is 11.7 Å². The molecule has 0 radical (unpaired) electrons. The Bertz CT molecular complexity index is 628. The number of hydrogen-bond donors (Lipinski definition) is 9. The average molecular weight is 409 g/mol. The highest BCUT2D eigenvalue weighted by atomic mass is 16.7. The van der Waals surface area contributed by atoms with Gasteiger partial charge in [0.25, 0.3) is 0 Å². The van der Waals surface area contributed by atoms with Gasteiger partial charge in [0.05, 0.1) is 25.1 Å². The summed E-state index contributed by atoms with van der Waals surface area (Å²) in [5, 5.41) is 58.7. The number of carboxylic acid groups (broad SMARTS) is 2. The zero-order valence-electron chi connectivity index (χ0n) is 14.5. The highest BCUT2D eigenvalue weighted by Crippen LogP contribution is 2.29. The Morgan fingerprint density at radius 2 is 1.68 bits per heavy atom. The largest absolute Gasteiger partial charge is 0.481 e. The minimum atomic E-state index is -2.96. The average Bonchev–Trinajstić information content (AvgIpc) is 2.61. The fourth-order valence-corrected chi connectivity index (χ4v) is 2.53. The van der Waals surface area contributed by atoms with Gasteiger partial charge in [0.1, 0.15) is 24.4 Å². The molecule has 14 nitrogen and oxygen atoms in total. The van der Waals surface area contributed by atoms with Crippen molar-refractivity contribution < 1.29 is 54.6 Å². The first-order chi connectivity index (χ1) is 12.8. The van der Waals surface area contributed by atoms with Gasteiger partial charge in [-0.05, 0) is 0 Å². The van der Waals surface area contributed by atoms with Crippen LogP contribution in [0.1, 0.15) is 12.8 Å². The number of nitrogens with two attached hydrogens (primary N) is 2. The molecule has 0 aromatic carbocycles. The van der Waals surface area contributed by atoms with Crippen molar-refractivity contribution in [2.45, 2.75) is 55.1 Å². The van der Waals surface area contributed by atoms with Crippen molar-refractivity contribution in [3.05, 3.63) is 0 Å². The first-order valence-corrected chi connectivity index (χ1v) is 8.01. The smallest absolute Gasteiger partial charge is 0.326 e. The first-order valence-electron chi connectivity index (χ1n) is 8.01. The van der Waals surface area contributed by atoms with Crippen LogP contribution in [0.4, 0.5) is 0 Å². The maximum absolute atomic E-state index is 12.4. The van der Waals surface area contributed by atoms with E-state index in [-0.39, 0.29) is 0 Å². The molecule has 1 heterocycles. The third-order valence-electron chi connectivity index (χ3n) is 4.20. The number of ketones is 1. The Hall–Kier alpha value is -2.20. The third kappa shape index (κ3) is 5.20. The molecular weight excluding hydrogens is 386 g/mol. The van der Waals surface area contributed by atoms with Crippen LogP contribution in [0, 0.1) is 0 Å². The molecule has 1 rings (SSSR count). The molecule has 1 aliphatic heterocycles. The van der Waals surface area contributed by atoms with Crippen LogP contribution >= 0.6 is 0 Å². The van der Waals surface area contributed by atoms with E-state index in [9.17, 15) is 34.5 Å². The minimum Gasteiger partial charge on any atom is -0.481 e. The molecule has 28 heavy (non-hydrogen) atoms. The number of carbonyl (C=O) groups excluding carboxylic acids is 2. The van der Waals surface area contributed by atoms with Gasteiger partial charge in [-0.3, -0.25) is 14.4 Å². The van der Waals surface area contributed by atoms with Crippen molar-refractivity contribution in [3.63, 3.8) is 0 Å². The Balaban J connectivity index is 2.94. The number of ether oxygens (including phenoxy) is 1. The molecular formula is C14H23N3O11. The molecule has 14 heteroatoms. The number of aliphatic carboxylic acids is 2. The van der Waals surface area contributed by atoms with Crippen LogP contribution in [0.25, 0.3) is 0 Å². The van der Waals surface area contributed by atoms with Crippen LogP contribution in [0.15, 0.2) is 0 Å². The fraction of sp³-hybridized carbons (Fsp3) is 0.714. The van der Waals surface area contributed by atoms with Gasteiger partial charge in [-0.25, -0.2) is 4.79 Å². The number of aliphatic hydroxyl groups excluding tert-OH is 3. The fourth-order valence-electron chi connectivity index (χ4n) is 2.53. The van der Waals surface area contributed by atoms with Crippen LogP contribution in [-0.2, 0) is 23.9 Å². The molecule has 0 aromatic heterocycles. The summed E-state index contributed by atoms with van der Waals surface area (Å²) in [6.07, 6.45) is -7.08. The van der Waals surface area contributed by atoms with Crippen molar-refractivity contribution in [1.82, 2.24) is 5.32 Å². The van der Waals surface area contributed by atoms with Crippen LogP contribution < -0.4 is 16.8 Å². The Kier molecular flexibility index (Phi) is 7.94. The lowest BCUT2D eigenvalue weighted by atomic mass is 9.86. The first kappa shape index (κ1) is 23.8. The lowest BCUT2D eigenvalue weighted by Crippen LogP contribution is -2.71. The summed E-state index contributed by atoms with van der Waals surface area (Å²) in [6.45, 7) is -0.899. The minimum absolute atomic E-state index is 0.799. The van der Waals surface area contributed by atoms with E-state index in [4.69, 9.17) is 31.5 Å². The second-order valence-corrected chi connectivity index (χ2v) is 6.27. The molecule has 1 saturated heterocycles. The van der Waals surface area contributed by atoms with E-state index >= 15 is 0 Å². The van der Waals surface area contributed by atoms with Gasteiger partial charge in [-0.15, -0.1) is 0 Å². The summed E-state index contributed by atoms with van der Waals surface area (Å²) >= 11 is 0. The van der Waals surface area contributed by atoms with Crippen molar-refractivity contribution in [3.8, 4) is 0 Å². The quantitative estimate of drug-likeness (QED) is 0.172. The van der Waals surface area contributed by atoms with Gasteiger partial charge in [0, 0.05) is 6.42 Å². The number of rotatable bonds is 9. The second kappa shape index (κ2) is 9.33. The summed E-state index contributed by atoms with van der Waals surface area (Å²) in [7, 11) is 0.